The van der Waals surface area contributed by atoms with E-state index in [1.807, 2.05) is 79.7 Å². The van der Waals surface area contributed by atoms with Gasteiger partial charge >= 0.3 is 0 Å². The van der Waals surface area contributed by atoms with E-state index in [2.05, 4.69) is 0 Å². The number of hydrogen-bond acceptors (Lipinski definition) is 5. The summed E-state index contributed by atoms with van der Waals surface area (Å²) in [4.78, 5) is 2.03. The first-order valence-corrected chi connectivity index (χ1v) is 11.6. The minimum atomic E-state index is -1.70. The van der Waals surface area contributed by atoms with E-state index in [4.69, 9.17) is 21.1 Å². The monoisotopic (exact) mass is 465 g/mol. The summed E-state index contributed by atoms with van der Waals surface area (Å²) in [7, 11) is 3.96. The molecule has 0 bridgehead atoms. The Morgan fingerprint density at radius 3 is 2.45 bits per heavy atom. The van der Waals surface area contributed by atoms with Crippen molar-refractivity contribution in [3.63, 3.8) is 0 Å². The predicted molar refractivity (Wildman–Crippen MR) is 128 cm³/mol. The van der Waals surface area contributed by atoms with Gasteiger partial charge in [0.15, 0.2) is 11.2 Å². The molecule has 33 heavy (non-hydrogen) atoms. The lowest BCUT2D eigenvalue weighted by Crippen LogP contribution is -2.52. The number of ether oxygens (including phenoxy) is 2. The molecule has 0 unspecified atom stereocenters. The zero-order valence-electron chi connectivity index (χ0n) is 18.7. The van der Waals surface area contributed by atoms with E-state index in [0.717, 1.165) is 17.7 Å². The Morgan fingerprint density at radius 1 is 1.03 bits per heavy atom. The predicted octanol–water partition coefficient (Wildman–Crippen LogP) is 4.30. The van der Waals surface area contributed by atoms with Crippen molar-refractivity contribution in [1.82, 2.24) is 4.90 Å². The number of aliphatic hydroxyl groups is 2. The third kappa shape index (κ3) is 3.34. The van der Waals surface area contributed by atoms with Gasteiger partial charge in [-0.3, -0.25) is 0 Å². The molecule has 172 valence electrons. The van der Waals surface area contributed by atoms with E-state index < -0.39 is 17.3 Å². The molecule has 3 aromatic rings. The van der Waals surface area contributed by atoms with Crippen molar-refractivity contribution < 1.29 is 19.7 Å². The maximum absolute atomic E-state index is 12.4. The number of aliphatic hydroxyl groups excluding tert-OH is 1. The summed E-state index contributed by atoms with van der Waals surface area (Å²) in [6.07, 6.45) is -0.715. The molecule has 2 N–H and O–H groups in total. The SMILES string of the molecule is CN(C)CCOc1cccc2c1[C@@]1(O)[C@@H](O)C[C@H](c3ccccc3)[C@@]1(c1ccc(Cl)cc1)O2. The van der Waals surface area contributed by atoms with E-state index in [1.54, 1.807) is 12.1 Å². The van der Waals surface area contributed by atoms with Crippen molar-refractivity contribution in [1.29, 1.82) is 0 Å². The third-order valence-electron chi connectivity index (χ3n) is 6.91. The van der Waals surface area contributed by atoms with Gasteiger partial charge in [-0.25, -0.2) is 0 Å². The summed E-state index contributed by atoms with van der Waals surface area (Å²) in [6, 6.07) is 22.8. The zero-order chi connectivity index (χ0) is 23.2. The Hall–Kier alpha value is -2.57. The van der Waals surface area contributed by atoms with Gasteiger partial charge in [0.1, 0.15) is 18.1 Å². The van der Waals surface area contributed by atoms with E-state index in [9.17, 15) is 10.2 Å². The van der Waals surface area contributed by atoms with Crippen molar-refractivity contribution >= 4 is 11.6 Å². The van der Waals surface area contributed by atoms with Gasteiger partial charge in [0, 0.05) is 17.5 Å². The van der Waals surface area contributed by atoms with Gasteiger partial charge in [-0.15, -0.1) is 0 Å². The van der Waals surface area contributed by atoms with Crippen LogP contribution in [0.15, 0.2) is 72.8 Å². The van der Waals surface area contributed by atoms with E-state index in [0.29, 0.717) is 35.1 Å². The summed E-state index contributed by atoms with van der Waals surface area (Å²) in [5, 5.41) is 24.5. The Labute approximate surface area is 199 Å². The molecule has 2 aliphatic rings. The molecule has 6 heteroatoms. The van der Waals surface area contributed by atoms with Crippen LogP contribution in [0.1, 0.15) is 29.0 Å². The second-order valence-corrected chi connectivity index (χ2v) is 9.54. The Kier molecular flexibility index (Phi) is 5.61. The maximum atomic E-state index is 12.4. The lowest BCUT2D eigenvalue weighted by Gasteiger charge is -2.40. The lowest BCUT2D eigenvalue weighted by molar-refractivity contribution is -0.150. The van der Waals surface area contributed by atoms with Gasteiger partial charge in [-0.2, -0.15) is 0 Å². The first-order chi connectivity index (χ1) is 15.9. The minimum absolute atomic E-state index is 0.290. The van der Waals surface area contributed by atoms with Crippen LogP contribution in [-0.4, -0.2) is 48.5 Å². The van der Waals surface area contributed by atoms with Crippen LogP contribution in [0.25, 0.3) is 0 Å². The van der Waals surface area contributed by atoms with Crippen LogP contribution in [0.3, 0.4) is 0 Å². The number of likely N-dealkylation sites (N-methyl/N-ethyl adjacent to an activating group) is 1. The van der Waals surface area contributed by atoms with Gasteiger partial charge in [-0.05, 0) is 55.9 Å². The minimum Gasteiger partial charge on any atom is -0.492 e. The molecule has 0 saturated heterocycles. The van der Waals surface area contributed by atoms with Crippen LogP contribution in [-0.2, 0) is 11.2 Å². The standard InChI is InChI=1S/C27H28ClNO4/c1-29(2)15-16-32-22-9-6-10-23-25(22)26(31)24(30)17-21(18-7-4-3-5-8-18)27(26,33-23)19-11-13-20(28)14-12-19/h3-14,21,24,30-31H,15-17H2,1-2H3/t21-,24+,26+,27-/m1/s1. The molecule has 1 aliphatic heterocycles. The number of halogens is 1. The molecule has 1 heterocycles. The number of nitrogens with zero attached hydrogens (tertiary/aromatic N) is 1. The Morgan fingerprint density at radius 2 is 1.76 bits per heavy atom. The first-order valence-electron chi connectivity index (χ1n) is 11.2. The first kappa shape index (κ1) is 22.2. The maximum Gasteiger partial charge on any atom is 0.176 e. The highest BCUT2D eigenvalue weighted by Gasteiger charge is 2.73. The van der Waals surface area contributed by atoms with Gasteiger partial charge in [-0.1, -0.05) is 60.1 Å². The second kappa shape index (κ2) is 8.33. The largest absolute Gasteiger partial charge is 0.492 e. The van der Waals surface area contributed by atoms with Crippen molar-refractivity contribution in [2.45, 2.75) is 29.6 Å². The van der Waals surface area contributed by atoms with Crippen molar-refractivity contribution in [2.24, 2.45) is 0 Å². The molecule has 5 rings (SSSR count). The second-order valence-electron chi connectivity index (χ2n) is 9.11. The smallest absolute Gasteiger partial charge is 0.176 e. The summed E-state index contributed by atoms with van der Waals surface area (Å²) in [6.45, 7) is 1.17. The van der Waals surface area contributed by atoms with Gasteiger partial charge in [0.2, 0.25) is 0 Å². The molecule has 4 atom stereocenters. The van der Waals surface area contributed by atoms with E-state index >= 15 is 0 Å². The summed E-state index contributed by atoms with van der Waals surface area (Å²) in [5.74, 6) is 0.761. The van der Waals surface area contributed by atoms with Crippen LogP contribution in [0.5, 0.6) is 11.5 Å². The fraction of sp³-hybridized carbons (Fsp3) is 0.333. The van der Waals surface area contributed by atoms with Crippen LogP contribution >= 0.6 is 11.6 Å². The van der Waals surface area contributed by atoms with Crippen LogP contribution in [0.4, 0.5) is 0 Å². The summed E-state index contributed by atoms with van der Waals surface area (Å²) in [5.41, 5.74) is -0.683. The van der Waals surface area contributed by atoms with Crippen LogP contribution < -0.4 is 9.47 Å². The highest BCUT2D eigenvalue weighted by molar-refractivity contribution is 6.30. The molecule has 0 amide bonds. The van der Waals surface area contributed by atoms with Crippen molar-refractivity contribution in [3.8, 4) is 11.5 Å². The summed E-state index contributed by atoms with van der Waals surface area (Å²) < 4.78 is 12.8. The highest BCUT2D eigenvalue weighted by Crippen LogP contribution is 2.68. The molecule has 3 aromatic carbocycles. The van der Waals surface area contributed by atoms with Crippen LogP contribution in [0.2, 0.25) is 5.02 Å². The zero-order valence-corrected chi connectivity index (χ0v) is 19.5. The average Bonchev–Trinajstić information content (AvgIpc) is 3.21. The normalized spacial score (nSPS) is 27.8. The number of fused-ring (bicyclic) bond motifs is 3. The quantitative estimate of drug-likeness (QED) is 0.568. The fourth-order valence-corrected chi connectivity index (χ4v) is 5.54. The fourth-order valence-electron chi connectivity index (χ4n) is 5.41. The Bertz CT molecular complexity index is 1140. The van der Waals surface area contributed by atoms with Crippen molar-refractivity contribution in [3.05, 3.63) is 94.5 Å². The van der Waals surface area contributed by atoms with Gasteiger partial charge < -0.3 is 24.6 Å². The molecule has 5 nitrogen and oxygen atoms in total. The van der Waals surface area contributed by atoms with Crippen LogP contribution in [0, 0.1) is 0 Å². The molecule has 0 spiro atoms. The van der Waals surface area contributed by atoms with E-state index in [1.165, 1.54) is 0 Å². The average molecular weight is 466 g/mol. The third-order valence-corrected chi connectivity index (χ3v) is 7.16. The molecular formula is C27H28ClNO4. The Balaban J connectivity index is 1.70. The summed E-state index contributed by atoms with van der Waals surface area (Å²) >= 11 is 6.20. The van der Waals surface area contributed by atoms with Crippen molar-refractivity contribution in [2.75, 3.05) is 27.2 Å². The molecule has 1 aliphatic carbocycles. The molecule has 1 saturated carbocycles. The number of hydrogen-bond donors (Lipinski definition) is 2. The van der Waals surface area contributed by atoms with Gasteiger partial charge in [0.25, 0.3) is 0 Å². The number of rotatable bonds is 6. The number of benzene rings is 3. The topological polar surface area (TPSA) is 62.2 Å². The molecule has 1 fully saturated rings. The molecular weight excluding hydrogens is 438 g/mol. The highest BCUT2D eigenvalue weighted by atomic mass is 35.5. The molecule has 0 aromatic heterocycles. The lowest BCUT2D eigenvalue weighted by atomic mass is 9.71. The van der Waals surface area contributed by atoms with E-state index in [-0.39, 0.29) is 5.92 Å². The van der Waals surface area contributed by atoms with Gasteiger partial charge in [0.05, 0.1) is 11.7 Å². The molecule has 0 radical (unpaired) electrons.